The highest BCUT2D eigenvalue weighted by molar-refractivity contribution is 6.32. The van der Waals surface area contributed by atoms with Gasteiger partial charge in [0.05, 0.1) is 23.2 Å². The summed E-state index contributed by atoms with van der Waals surface area (Å²) in [5.74, 6) is 0. The van der Waals surface area contributed by atoms with E-state index in [9.17, 15) is 0 Å². The molecule has 0 amide bonds. The lowest BCUT2D eigenvalue weighted by atomic mass is 10.3. The minimum Gasteiger partial charge on any atom is -0.411 e. The van der Waals surface area contributed by atoms with E-state index >= 15 is 0 Å². The predicted octanol–water partition coefficient (Wildman–Crippen LogP) is 2.64. The van der Waals surface area contributed by atoms with E-state index in [0.717, 1.165) is 5.69 Å². The van der Waals surface area contributed by atoms with E-state index in [1.807, 2.05) is 37.3 Å². The molecular formula is C11H10ClN3O. The van der Waals surface area contributed by atoms with Gasteiger partial charge in [0.1, 0.15) is 5.15 Å². The van der Waals surface area contributed by atoms with Gasteiger partial charge in [-0.3, -0.25) is 0 Å². The lowest BCUT2D eigenvalue weighted by Crippen LogP contribution is -1.95. The third-order valence-electron chi connectivity index (χ3n) is 2.24. The molecule has 2 rings (SSSR count). The first-order chi connectivity index (χ1) is 7.74. The predicted molar refractivity (Wildman–Crippen MR) is 62.7 cm³/mol. The zero-order valence-electron chi connectivity index (χ0n) is 8.63. The Bertz CT molecular complexity index is 520. The van der Waals surface area contributed by atoms with Gasteiger partial charge in [-0.1, -0.05) is 35.0 Å². The molecule has 2 aromatic rings. The number of oxime groups is 1. The van der Waals surface area contributed by atoms with Crippen molar-refractivity contribution in [1.29, 1.82) is 0 Å². The molecule has 0 spiro atoms. The van der Waals surface area contributed by atoms with Crippen LogP contribution in [-0.4, -0.2) is 21.2 Å². The molecule has 82 valence electrons. The Hall–Kier alpha value is -1.81. The van der Waals surface area contributed by atoms with Crippen LogP contribution in [-0.2, 0) is 0 Å². The summed E-state index contributed by atoms with van der Waals surface area (Å²) in [6.07, 6.45) is 1.28. The Kier molecular flexibility index (Phi) is 2.92. The summed E-state index contributed by atoms with van der Waals surface area (Å²) in [6.45, 7) is 1.81. The lowest BCUT2D eigenvalue weighted by molar-refractivity contribution is 0.322. The maximum Gasteiger partial charge on any atom is 0.142 e. The van der Waals surface area contributed by atoms with Crippen molar-refractivity contribution in [2.75, 3.05) is 0 Å². The van der Waals surface area contributed by atoms with Gasteiger partial charge in [-0.25, -0.2) is 4.68 Å². The van der Waals surface area contributed by atoms with Crippen molar-refractivity contribution in [3.63, 3.8) is 0 Å². The SMILES string of the molecule is Cc1nn(-c2ccccc2)c(Cl)c1C=NO. The summed E-state index contributed by atoms with van der Waals surface area (Å²) in [5.41, 5.74) is 2.20. The first kappa shape index (κ1) is 10.7. The first-order valence-electron chi connectivity index (χ1n) is 4.72. The third-order valence-corrected chi connectivity index (χ3v) is 2.60. The van der Waals surface area contributed by atoms with Crippen molar-refractivity contribution in [2.45, 2.75) is 6.92 Å². The molecule has 0 aliphatic rings. The molecule has 16 heavy (non-hydrogen) atoms. The van der Waals surface area contributed by atoms with Crippen LogP contribution in [0.1, 0.15) is 11.3 Å². The summed E-state index contributed by atoms with van der Waals surface area (Å²) in [4.78, 5) is 0. The largest absolute Gasteiger partial charge is 0.411 e. The summed E-state index contributed by atoms with van der Waals surface area (Å²) < 4.78 is 1.61. The van der Waals surface area contributed by atoms with Crippen LogP contribution in [0, 0.1) is 6.92 Å². The van der Waals surface area contributed by atoms with E-state index in [4.69, 9.17) is 16.8 Å². The molecule has 0 fully saturated rings. The topological polar surface area (TPSA) is 50.4 Å². The molecule has 0 saturated heterocycles. The quantitative estimate of drug-likeness (QED) is 0.494. The van der Waals surface area contributed by atoms with E-state index in [1.165, 1.54) is 6.21 Å². The summed E-state index contributed by atoms with van der Waals surface area (Å²) >= 11 is 6.14. The second-order valence-corrected chi connectivity index (χ2v) is 3.64. The smallest absolute Gasteiger partial charge is 0.142 e. The fourth-order valence-corrected chi connectivity index (χ4v) is 1.78. The van der Waals surface area contributed by atoms with Crippen LogP contribution in [0.3, 0.4) is 0 Å². The Morgan fingerprint density at radius 2 is 2.06 bits per heavy atom. The van der Waals surface area contributed by atoms with E-state index in [-0.39, 0.29) is 0 Å². The van der Waals surface area contributed by atoms with Gasteiger partial charge in [-0.05, 0) is 19.1 Å². The minimum absolute atomic E-state index is 0.432. The van der Waals surface area contributed by atoms with Gasteiger partial charge >= 0.3 is 0 Å². The number of para-hydroxylation sites is 1. The van der Waals surface area contributed by atoms with E-state index in [2.05, 4.69) is 10.3 Å². The molecule has 1 N–H and O–H groups in total. The fraction of sp³-hybridized carbons (Fsp3) is 0.0909. The highest BCUT2D eigenvalue weighted by Gasteiger charge is 2.12. The molecule has 0 bridgehead atoms. The maximum absolute atomic E-state index is 8.52. The number of hydrogen-bond acceptors (Lipinski definition) is 3. The van der Waals surface area contributed by atoms with Crippen LogP contribution in [0.15, 0.2) is 35.5 Å². The number of nitrogens with zero attached hydrogens (tertiary/aromatic N) is 3. The summed E-state index contributed by atoms with van der Waals surface area (Å²) in [5, 5.41) is 16.2. The number of benzene rings is 1. The third kappa shape index (κ3) is 1.79. The van der Waals surface area contributed by atoms with Gasteiger partial charge in [-0.2, -0.15) is 5.10 Å². The fourth-order valence-electron chi connectivity index (χ4n) is 1.46. The number of aryl methyl sites for hydroxylation is 1. The highest BCUT2D eigenvalue weighted by Crippen LogP contribution is 2.21. The van der Waals surface area contributed by atoms with Crippen LogP contribution >= 0.6 is 11.6 Å². The van der Waals surface area contributed by atoms with Gasteiger partial charge in [0.2, 0.25) is 0 Å². The second kappa shape index (κ2) is 4.37. The van der Waals surface area contributed by atoms with Crippen LogP contribution in [0.5, 0.6) is 0 Å². The molecule has 0 unspecified atom stereocenters. The minimum atomic E-state index is 0.432. The van der Waals surface area contributed by atoms with Crippen molar-refractivity contribution in [3.8, 4) is 5.69 Å². The van der Waals surface area contributed by atoms with Gasteiger partial charge in [0, 0.05) is 0 Å². The zero-order valence-corrected chi connectivity index (χ0v) is 9.39. The molecule has 5 heteroatoms. The van der Waals surface area contributed by atoms with Gasteiger partial charge < -0.3 is 5.21 Å². The molecule has 1 aromatic carbocycles. The molecular weight excluding hydrogens is 226 g/mol. The van der Waals surface area contributed by atoms with Gasteiger partial charge in [0.25, 0.3) is 0 Å². The number of rotatable bonds is 2. The molecule has 0 radical (unpaired) electrons. The Morgan fingerprint density at radius 3 is 2.69 bits per heavy atom. The molecule has 1 heterocycles. The molecule has 0 aliphatic heterocycles. The van der Waals surface area contributed by atoms with Crippen molar-refractivity contribution in [1.82, 2.24) is 9.78 Å². The van der Waals surface area contributed by atoms with Crippen LogP contribution in [0.4, 0.5) is 0 Å². The molecule has 4 nitrogen and oxygen atoms in total. The normalized spacial score (nSPS) is 11.1. The van der Waals surface area contributed by atoms with Crippen LogP contribution in [0.2, 0.25) is 5.15 Å². The number of halogens is 1. The van der Waals surface area contributed by atoms with Crippen molar-refractivity contribution >= 4 is 17.8 Å². The maximum atomic E-state index is 8.52. The second-order valence-electron chi connectivity index (χ2n) is 3.28. The zero-order chi connectivity index (χ0) is 11.5. The summed E-state index contributed by atoms with van der Waals surface area (Å²) in [7, 11) is 0. The Morgan fingerprint density at radius 1 is 1.38 bits per heavy atom. The van der Waals surface area contributed by atoms with E-state index in [0.29, 0.717) is 16.4 Å². The molecule has 0 saturated carbocycles. The first-order valence-corrected chi connectivity index (χ1v) is 5.10. The molecule has 1 aromatic heterocycles. The van der Waals surface area contributed by atoms with Crippen LogP contribution < -0.4 is 0 Å². The number of hydrogen-bond donors (Lipinski definition) is 1. The lowest BCUT2D eigenvalue weighted by Gasteiger charge is -2.01. The Labute approximate surface area is 97.8 Å². The Balaban J connectivity index is 2.56. The summed E-state index contributed by atoms with van der Waals surface area (Å²) in [6, 6.07) is 9.53. The highest BCUT2D eigenvalue weighted by atomic mass is 35.5. The van der Waals surface area contributed by atoms with Crippen molar-refractivity contribution in [3.05, 3.63) is 46.7 Å². The van der Waals surface area contributed by atoms with Gasteiger partial charge in [0.15, 0.2) is 0 Å². The van der Waals surface area contributed by atoms with E-state index < -0.39 is 0 Å². The van der Waals surface area contributed by atoms with Crippen molar-refractivity contribution < 1.29 is 5.21 Å². The van der Waals surface area contributed by atoms with E-state index in [1.54, 1.807) is 4.68 Å². The van der Waals surface area contributed by atoms with Gasteiger partial charge in [-0.15, -0.1) is 0 Å². The number of aromatic nitrogens is 2. The van der Waals surface area contributed by atoms with Crippen molar-refractivity contribution in [2.24, 2.45) is 5.16 Å². The average Bonchev–Trinajstić information content (AvgIpc) is 2.59. The average molecular weight is 236 g/mol. The molecule has 0 atom stereocenters. The monoisotopic (exact) mass is 235 g/mol. The molecule has 0 aliphatic carbocycles. The van der Waals surface area contributed by atoms with Crippen LogP contribution in [0.25, 0.3) is 5.69 Å². The standard InChI is InChI=1S/C11H10ClN3O/c1-8-10(7-13-16)11(12)15(14-8)9-5-3-2-4-6-9/h2-7,16H,1H3.